The summed E-state index contributed by atoms with van der Waals surface area (Å²) in [5, 5.41) is 0. The van der Waals surface area contributed by atoms with Crippen molar-refractivity contribution in [3.8, 4) is 0 Å². The van der Waals surface area contributed by atoms with Gasteiger partial charge in [-0.05, 0) is 40.2 Å². The standard InChI is InChI=1S/C40H85NO3Si/c1-4-42-45(43-5-2,44-6-3)40-38-36-34-32-30-28-26-24-22-20-18-16-14-12-10-8-7-9-11-13-15-17-19-21-23-25-27-29-31-33-35-37-39-41/h4-41H2,1-3H3. The lowest BCUT2D eigenvalue weighted by molar-refractivity contribution is 0.0706. The van der Waals surface area contributed by atoms with Gasteiger partial charge in [-0.25, -0.2) is 0 Å². The molecule has 4 nitrogen and oxygen atoms in total. The van der Waals surface area contributed by atoms with Gasteiger partial charge in [-0.1, -0.05) is 193 Å². The van der Waals surface area contributed by atoms with Gasteiger partial charge < -0.3 is 19.0 Å². The van der Waals surface area contributed by atoms with E-state index in [9.17, 15) is 0 Å². The highest BCUT2D eigenvalue weighted by Crippen LogP contribution is 2.21. The Labute approximate surface area is 285 Å². The predicted molar refractivity (Wildman–Crippen MR) is 202 cm³/mol. The third-order valence-electron chi connectivity index (χ3n) is 9.53. The van der Waals surface area contributed by atoms with E-state index in [2.05, 4.69) is 0 Å². The van der Waals surface area contributed by atoms with E-state index in [1.165, 1.54) is 205 Å². The molecule has 0 fully saturated rings. The minimum absolute atomic E-state index is 0.685. The second-order valence-corrected chi connectivity index (χ2v) is 16.6. The van der Waals surface area contributed by atoms with E-state index in [-0.39, 0.29) is 0 Å². The lowest BCUT2D eigenvalue weighted by Crippen LogP contribution is -2.45. The van der Waals surface area contributed by atoms with E-state index < -0.39 is 8.80 Å². The zero-order valence-electron chi connectivity index (χ0n) is 31.5. The quantitative estimate of drug-likeness (QED) is 0.0527. The van der Waals surface area contributed by atoms with Gasteiger partial charge in [0.2, 0.25) is 0 Å². The van der Waals surface area contributed by atoms with E-state index in [1.54, 1.807) is 0 Å². The van der Waals surface area contributed by atoms with Crippen molar-refractivity contribution in [1.29, 1.82) is 0 Å². The van der Waals surface area contributed by atoms with Gasteiger partial charge in [0, 0.05) is 25.9 Å². The third-order valence-corrected chi connectivity index (χ3v) is 12.7. The van der Waals surface area contributed by atoms with Crippen molar-refractivity contribution in [1.82, 2.24) is 0 Å². The van der Waals surface area contributed by atoms with Crippen molar-refractivity contribution in [3.05, 3.63) is 0 Å². The maximum absolute atomic E-state index is 5.97. The van der Waals surface area contributed by atoms with Crippen molar-refractivity contribution >= 4 is 8.80 Å². The first-order chi connectivity index (χ1) is 22.2. The molecule has 0 amide bonds. The molecule has 0 aliphatic rings. The Morgan fingerprint density at radius 3 is 0.644 bits per heavy atom. The fourth-order valence-corrected chi connectivity index (χ4v) is 9.48. The maximum atomic E-state index is 5.97. The van der Waals surface area contributed by atoms with Crippen LogP contribution in [0.15, 0.2) is 0 Å². The van der Waals surface area contributed by atoms with E-state index in [0.29, 0.717) is 19.8 Å². The Kier molecular flexibility index (Phi) is 38.6. The molecule has 0 spiro atoms. The Balaban J connectivity index is 3.22. The number of hydrogen-bond donors (Lipinski definition) is 1. The molecule has 0 aromatic rings. The lowest BCUT2D eigenvalue weighted by Gasteiger charge is -2.28. The Bertz CT molecular complexity index is 519. The van der Waals surface area contributed by atoms with E-state index >= 15 is 0 Å². The van der Waals surface area contributed by atoms with Crippen LogP contribution in [0.4, 0.5) is 0 Å². The van der Waals surface area contributed by atoms with Crippen LogP contribution in [0.5, 0.6) is 0 Å². The van der Waals surface area contributed by atoms with Crippen molar-refractivity contribution in [2.45, 2.75) is 232 Å². The first-order valence-electron chi connectivity index (χ1n) is 20.9. The normalized spacial score (nSPS) is 12.0. The minimum Gasteiger partial charge on any atom is -0.374 e. The van der Waals surface area contributed by atoms with E-state index in [4.69, 9.17) is 19.0 Å². The van der Waals surface area contributed by atoms with Gasteiger partial charge in [0.15, 0.2) is 0 Å². The molecule has 0 atom stereocenters. The molecule has 272 valence electrons. The van der Waals surface area contributed by atoms with Crippen LogP contribution in [0.3, 0.4) is 0 Å². The average molecular weight is 656 g/mol. The van der Waals surface area contributed by atoms with E-state index in [1.807, 2.05) is 20.8 Å². The molecule has 0 heterocycles. The molecule has 0 bridgehead atoms. The van der Waals surface area contributed by atoms with Crippen molar-refractivity contribution < 1.29 is 13.3 Å². The molecule has 0 unspecified atom stereocenters. The van der Waals surface area contributed by atoms with Crippen LogP contribution in [0.2, 0.25) is 6.04 Å². The van der Waals surface area contributed by atoms with Gasteiger partial charge in [0.1, 0.15) is 0 Å². The van der Waals surface area contributed by atoms with E-state index in [0.717, 1.165) is 12.6 Å². The Morgan fingerprint density at radius 1 is 0.289 bits per heavy atom. The van der Waals surface area contributed by atoms with Crippen LogP contribution < -0.4 is 5.73 Å². The topological polar surface area (TPSA) is 53.7 Å². The summed E-state index contributed by atoms with van der Waals surface area (Å²) in [5.41, 5.74) is 5.55. The molecule has 0 aliphatic heterocycles. The molecule has 0 aromatic heterocycles. The lowest BCUT2D eigenvalue weighted by atomic mass is 10.0. The zero-order chi connectivity index (χ0) is 32.8. The SMILES string of the molecule is CCO[Si](CCCCCCCCCCCCCCCCCCCCCCCCCCCCCCCCCCN)(OCC)OCC. The molecule has 2 N–H and O–H groups in total. The third kappa shape index (κ3) is 33.7. The van der Waals surface area contributed by atoms with Gasteiger partial charge in [-0.15, -0.1) is 0 Å². The summed E-state index contributed by atoms with van der Waals surface area (Å²) in [6.07, 6.45) is 45.6. The van der Waals surface area contributed by atoms with Crippen molar-refractivity contribution in [3.63, 3.8) is 0 Å². The Hall–Kier alpha value is 0.0569. The first-order valence-corrected chi connectivity index (χ1v) is 22.8. The highest BCUT2D eigenvalue weighted by atomic mass is 28.4. The average Bonchev–Trinajstić information content (AvgIpc) is 3.03. The first kappa shape index (κ1) is 45.1. The van der Waals surface area contributed by atoms with Crippen LogP contribution in [-0.2, 0) is 13.3 Å². The maximum Gasteiger partial charge on any atom is 0.500 e. The molecular weight excluding hydrogens is 571 g/mol. The summed E-state index contributed by atoms with van der Waals surface area (Å²) in [6, 6.07) is 0.973. The van der Waals surface area contributed by atoms with Crippen LogP contribution in [0.1, 0.15) is 226 Å². The highest BCUT2D eigenvalue weighted by molar-refractivity contribution is 6.60. The number of nitrogens with two attached hydrogens (primary N) is 1. The van der Waals surface area contributed by atoms with Crippen LogP contribution >= 0.6 is 0 Å². The summed E-state index contributed by atoms with van der Waals surface area (Å²) in [7, 11) is -2.42. The van der Waals surface area contributed by atoms with Crippen LogP contribution in [-0.4, -0.2) is 35.2 Å². The molecule has 0 saturated carbocycles. The second-order valence-electron chi connectivity index (χ2n) is 13.8. The van der Waals surface area contributed by atoms with Crippen molar-refractivity contribution in [2.75, 3.05) is 26.4 Å². The van der Waals surface area contributed by atoms with Gasteiger partial charge in [0.05, 0.1) is 0 Å². The number of rotatable bonds is 40. The monoisotopic (exact) mass is 656 g/mol. The zero-order valence-corrected chi connectivity index (χ0v) is 32.5. The molecule has 0 rings (SSSR count). The molecule has 5 heteroatoms. The second kappa shape index (κ2) is 38.5. The van der Waals surface area contributed by atoms with Crippen LogP contribution in [0.25, 0.3) is 0 Å². The summed E-state index contributed by atoms with van der Waals surface area (Å²) in [5.74, 6) is 0. The fourth-order valence-electron chi connectivity index (χ4n) is 6.79. The van der Waals surface area contributed by atoms with Gasteiger partial charge in [-0.3, -0.25) is 0 Å². The summed E-state index contributed by atoms with van der Waals surface area (Å²) < 4.78 is 17.9. The number of unbranched alkanes of at least 4 members (excludes halogenated alkanes) is 31. The van der Waals surface area contributed by atoms with Gasteiger partial charge in [0.25, 0.3) is 0 Å². The minimum atomic E-state index is -2.42. The molecule has 45 heavy (non-hydrogen) atoms. The molecular formula is C40H85NO3Si. The summed E-state index contributed by atoms with van der Waals surface area (Å²) in [4.78, 5) is 0. The smallest absolute Gasteiger partial charge is 0.374 e. The van der Waals surface area contributed by atoms with Gasteiger partial charge in [-0.2, -0.15) is 0 Å². The molecule has 0 aliphatic carbocycles. The van der Waals surface area contributed by atoms with Gasteiger partial charge >= 0.3 is 8.80 Å². The molecule has 0 radical (unpaired) electrons. The largest absolute Gasteiger partial charge is 0.500 e. The Morgan fingerprint density at radius 2 is 0.467 bits per heavy atom. The van der Waals surface area contributed by atoms with Crippen LogP contribution in [0, 0.1) is 0 Å². The molecule has 0 saturated heterocycles. The fraction of sp³-hybridized carbons (Fsp3) is 1.00. The molecule has 0 aromatic carbocycles. The predicted octanol–water partition coefficient (Wildman–Crippen LogP) is 13.5. The van der Waals surface area contributed by atoms with Crippen molar-refractivity contribution in [2.24, 2.45) is 5.73 Å². The number of hydrogen-bond acceptors (Lipinski definition) is 4. The summed E-state index contributed by atoms with van der Waals surface area (Å²) in [6.45, 7) is 9.06. The summed E-state index contributed by atoms with van der Waals surface area (Å²) >= 11 is 0. The highest BCUT2D eigenvalue weighted by Gasteiger charge is 2.39.